The second kappa shape index (κ2) is 7.91. The van der Waals surface area contributed by atoms with Crippen LogP contribution >= 0.6 is 0 Å². The fourth-order valence-electron chi connectivity index (χ4n) is 3.71. The van der Waals surface area contributed by atoms with Crippen LogP contribution in [-0.2, 0) is 13.5 Å². The molecule has 6 nitrogen and oxygen atoms in total. The SMILES string of the molecule is Cn1c(CCCNc2nc(-c3cccnc3)nc3ccccc23)nc2ccccc21. The van der Waals surface area contributed by atoms with Crippen molar-refractivity contribution in [1.82, 2.24) is 24.5 Å². The van der Waals surface area contributed by atoms with E-state index in [4.69, 9.17) is 15.0 Å². The van der Waals surface area contributed by atoms with Crippen LogP contribution in [0.4, 0.5) is 5.82 Å². The van der Waals surface area contributed by atoms with Crippen molar-refractivity contribution in [2.45, 2.75) is 12.8 Å². The molecule has 0 aliphatic rings. The van der Waals surface area contributed by atoms with Gasteiger partial charge in [-0.15, -0.1) is 0 Å². The van der Waals surface area contributed by atoms with Gasteiger partial charge in [0.25, 0.3) is 0 Å². The monoisotopic (exact) mass is 394 g/mol. The molecule has 5 aromatic rings. The number of benzene rings is 2. The highest BCUT2D eigenvalue weighted by Crippen LogP contribution is 2.24. The number of imidazole rings is 1. The van der Waals surface area contributed by atoms with Crippen molar-refractivity contribution in [3.05, 3.63) is 78.9 Å². The molecule has 0 fully saturated rings. The second-order valence-electron chi connectivity index (χ2n) is 7.26. The van der Waals surface area contributed by atoms with E-state index in [9.17, 15) is 0 Å². The Morgan fingerprint density at radius 3 is 2.53 bits per heavy atom. The summed E-state index contributed by atoms with van der Waals surface area (Å²) in [5, 5.41) is 4.53. The average Bonchev–Trinajstić information content (AvgIpc) is 3.12. The Bertz CT molecular complexity index is 1310. The lowest BCUT2D eigenvalue weighted by Crippen LogP contribution is -2.08. The summed E-state index contributed by atoms with van der Waals surface area (Å²) in [5.41, 5.74) is 4.05. The van der Waals surface area contributed by atoms with Gasteiger partial charge in [-0.2, -0.15) is 0 Å². The molecule has 0 aliphatic heterocycles. The Labute approximate surface area is 174 Å². The van der Waals surface area contributed by atoms with Crippen LogP contribution in [0.25, 0.3) is 33.3 Å². The minimum atomic E-state index is 0.680. The van der Waals surface area contributed by atoms with Gasteiger partial charge in [0.05, 0.1) is 16.6 Å². The maximum Gasteiger partial charge on any atom is 0.163 e. The van der Waals surface area contributed by atoms with Gasteiger partial charge in [-0.25, -0.2) is 15.0 Å². The van der Waals surface area contributed by atoms with E-state index in [0.29, 0.717) is 5.82 Å². The van der Waals surface area contributed by atoms with Crippen LogP contribution in [0.1, 0.15) is 12.2 Å². The summed E-state index contributed by atoms with van der Waals surface area (Å²) in [4.78, 5) is 18.5. The van der Waals surface area contributed by atoms with Crippen LogP contribution in [-0.4, -0.2) is 31.0 Å². The molecule has 3 aromatic heterocycles. The van der Waals surface area contributed by atoms with Crippen LogP contribution in [0.5, 0.6) is 0 Å². The minimum absolute atomic E-state index is 0.680. The molecule has 0 unspecified atom stereocenters. The number of hydrogen-bond acceptors (Lipinski definition) is 5. The number of fused-ring (bicyclic) bond motifs is 2. The van der Waals surface area contributed by atoms with Crippen molar-refractivity contribution in [3.63, 3.8) is 0 Å². The van der Waals surface area contributed by atoms with Gasteiger partial charge in [0.2, 0.25) is 0 Å². The molecule has 0 saturated heterocycles. The standard InChI is InChI=1S/C24H22N6/c1-30-21-12-5-4-11-20(21)27-22(30)13-7-15-26-24-18-9-2-3-10-19(18)28-23(29-24)17-8-6-14-25-16-17/h2-6,8-12,14,16H,7,13,15H2,1H3,(H,26,28,29). The van der Waals surface area contributed by atoms with Gasteiger partial charge in [-0.05, 0) is 42.8 Å². The highest BCUT2D eigenvalue weighted by atomic mass is 15.1. The first-order chi connectivity index (χ1) is 14.8. The van der Waals surface area contributed by atoms with E-state index in [2.05, 4.69) is 46.2 Å². The number of hydrogen-bond donors (Lipinski definition) is 1. The zero-order valence-corrected chi connectivity index (χ0v) is 16.8. The number of aromatic nitrogens is 5. The predicted molar refractivity (Wildman–Crippen MR) is 120 cm³/mol. The topological polar surface area (TPSA) is 68.5 Å². The zero-order valence-electron chi connectivity index (χ0n) is 16.8. The Morgan fingerprint density at radius 2 is 1.70 bits per heavy atom. The van der Waals surface area contributed by atoms with Crippen molar-refractivity contribution in [1.29, 1.82) is 0 Å². The number of anilines is 1. The van der Waals surface area contributed by atoms with E-state index < -0.39 is 0 Å². The molecule has 0 radical (unpaired) electrons. The van der Waals surface area contributed by atoms with E-state index in [1.165, 1.54) is 5.52 Å². The van der Waals surface area contributed by atoms with Crippen molar-refractivity contribution in [3.8, 4) is 11.4 Å². The smallest absolute Gasteiger partial charge is 0.163 e. The molecule has 0 amide bonds. The Kier molecular flexibility index (Phi) is 4.81. The lowest BCUT2D eigenvalue weighted by atomic mass is 10.2. The number of nitrogens with one attached hydrogen (secondary N) is 1. The molecule has 2 aromatic carbocycles. The zero-order chi connectivity index (χ0) is 20.3. The summed E-state index contributed by atoms with van der Waals surface area (Å²) in [5.74, 6) is 2.63. The fraction of sp³-hybridized carbons (Fsp3) is 0.167. The maximum absolute atomic E-state index is 4.78. The summed E-state index contributed by atoms with van der Waals surface area (Å²) >= 11 is 0. The third-order valence-electron chi connectivity index (χ3n) is 5.27. The first-order valence-electron chi connectivity index (χ1n) is 10.1. The summed E-state index contributed by atoms with van der Waals surface area (Å²) in [6.45, 7) is 0.802. The summed E-state index contributed by atoms with van der Waals surface area (Å²) < 4.78 is 2.18. The molecule has 0 bridgehead atoms. The second-order valence-corrected chi connectivity index (χ2v) is 7.26. The normalized spacial score (nSPS) is 11.2. The number of para-hydroxylation sites is 3. The van der Waals surface area contributed by atoms with Crippen molar-refractivity contribution >= 4 is 27.8 Å². The quantitative estimate of drug-likeness (QED) is 0.426. The maximum atomic E-state index is 4.78. The fourth-order valence-corrected chi connectivity index (χ4v) is 3.71. The first kappa shape index (κ1) is 18.2. The molecular weight excluding hydrogens is 372 g/mol. The van der Waals surface area contributed by atoms with Crippen molar-refractivity contribution < 1.29 is 0 Å². The largest absolute Gasteiger partial charge is 0.369 e. The Morgan fingerprint density at radius 1 is 0.867 bits per heavy atom. The molecule has 1 N–H and O–H groups in total. The molecule has 0 saturated carbocycles. The molecule has 5 rings (SSSR count). The van der Waals surface area contributed by atoms with E-state index in [-0.39, 0.29) is 0 Å². The summed E-state index contributed by atoms with van der Waals surface area (Å²) in [6, 6.07) is 20.2. The molecule has 3 heterocycles. The number of nitrogens with zero attached hydrogens (tertiary/aromatic N) is 5. The number of pyridine rings is 1. The highest BCUT2D eigenvalue weighted by Gasteiger charge is 2.10. The van der Waals surface area contributed by atoms with Crippen LogP contribution in [0.15, 0.2) is 73.1 Å². The van der Waals surface area contributed by atoms with Crippen LogP contribution in [0, 0.1) is 0 Å². The number of rotatable bonds is 6. The van der Waals surface area contributed by atoms with Crippen LogP contribution in [0.2, 0.25) is 0 Å². The van der Waals surface area contributed by atoms with Gasteiger partial charge in [0, 0.05) is 43.4 Å². The molecule has 0 spiro atoms. The predicted octanol–water partition coefficient (Wildman–Crippen LogP) is 4.62. The lowest BCUT2D eigenvalue weighted by Gasteiger charge is -2.11. The van der Waals surface area contributed by atoms with E-state index in [1.54, 1.807) is 12.4 Å². The Balaban J connectivity index is 1.35. The van der Waals surface area contributed by atoms with E-state index >= 15 is 0 Å². The van der Waals surface area contributed by atoms with E-state index in [0.717, 1.165) is 53.0 Å². The molecule has 0 aliphatic carbocycles. The van der Waals surface area contributed by atoms with E-state index in [1.807, 2.05) is 36.4 Å². The molecule has 0 atom stereocenters. The van der Waals surface area contributed by atoms with Gasteiger partial charge in [-0.1, -0.05) is 24.3 Å². The lowest BCUT2D eigenvalue weighted by molar-refractivity contribution is 0.752. The van der Waals surface area contributed by atoms with Gasteiger partial charge in [-0.3, -0.25) is 4.98 Å². The summed E-state index contributed by atoms with van der Waals surface area (Å²) in [6.07, 6.45) is 5.40. The Hall–Kier alpha value is -3.80. The van der Waals surface area contributed by atoms with Crippen molar-refractivity contribution in [2.24, 2.45) is 7.05 Å². The van der Waals surface area contributed by atoms with Crippen LogP contribution in [0.3, 0.4) is 0 Å². The van der Waals surface area contributed by atoms with Gasteiger partial charge in [0.1, 0.15) is 11.6 Å². The van der Waals surface area contributed by atoms with Crippen LogP contribution < -0.4 is 5.32 Å². The minimum Gasteiger partial charge on any atom is -0.369 e. The molecule has 30 heavy (non-hydrogen) atoms. The average molecular weight is 394 g/mol. The van der Waals surface area contributed by atoms with Gasteiger partial charge < -0.3 is 9.88 Å². The van der Waals surface area contributed by atoms with Crippen molar-refractivity contribution in [2.75, 3.05) is 11.9 Å². The summed E-state index contributed by atoms with van der Waals surface area (Å²) in [7, 11) is 2.08. The molecular formula is C24H22N6. The third-order valence-corrected chi connectivity index (χ3v) is 5.27. The first-order valence-corrected chi connectivity index (χ1v) is 10.1. The molecule has 6 heteroatoms. The third kappa shape index (κ3) is 3.48. The number of aryl methyl sites for hydroxylation is 2. The van der Waals surface area contributed by atoms with Gasteiger partial charge >= 0.3 is 0 Å². The highest BCUT2D eigenvalue weighted by molar-refractivity contribution is 5.90. The molecule has 148 valence electrons. The van der Waals surface area contributed by atoms with Gasteiger partial charge in [0.15, 0.2) is 5.82 Å².